The maximum absolute atomic E-state index is 6.49. The molecule has 1 heteroatoms. The molecule has 1 nitrogen and oxygen atoms in total. The normalized spacial score (nSPS) is 38.9. The second-order valence-corrected chi connectivity index (χ2v) is 6.20. The number of rotatable bonds is 4. The van der Waals surface area contributed by atoms with E-state index in [0.29, 0.717) is 0 Å². The van der Waals surface area contributed by atoms with Crippen molar-refractivity contribution in [1.82, 2.24) is 0 Å². The van der Waals surface area contributed by atoms with Gasteiger partial charge in [-0.15, -0.1) is 0 Å². The van der Waals surface area contributed by atoms with Crippen LogP contribution in [-0.4, -0.2) is 12.2 Å². The fourth-order valence-electron chi connectivity index (χ4n) is 3.02. The topological polar surface area (TPSA) is 9.23 Å². The highest BCUT2D eigenvalue weighted by Gasteiger charge is 2.36. The molecule has 4 unspecified atom stereocenters. The quantitative estimate of drug-likeness (QED) is 0.647. The average Bonchev–Trinajstić information content (AvgIpc) is 2.44. The summed E-state index contributed by atoms with van der Waals surface area (Å²) in [5.74, 6) is 0. The van der Waals surface area contributed by atoms with Crippen molar-refractivity contribution in [2.75, 3.05) is 0 Å². The van der Waals surface area contributed by atoms with Crippen LogP contribution in [-0.2, 0) is 4.74 Å². The molecule has 0 saturated heterocycles. The zero-order valence-electron chi connectivity index (χ0n) is 13.5. The molecular weight excluding hydrogens is 256 g/mol. The van der Waals surface area contributed by atoms with Gasteiger partial charge in [0.1, 0.15) is 0 Å². The molecule has 0 aromatic heterocycles. The second-order valence-electron chi connectivity index (χ2n) is 6.20. The van der Waals surface area contributed by atoms with E-state index in [1.165, 1.54) is 0 Å². The minimum Gasteiger partial charge on any atom is -0.364 e. The van der Waals surface area contributed by atoms with Crippen LogP contribution in [0, 0.1) is 10.8 Å². The van der Waals surface area contributed by atoms with E-state index in [2.05, 4.69) is 101 Å². The molecular formula is C20H26O. The zero-order valence-corrected chi connectivity index (χ0v) is 13.5. The molecule has 0 N–H and O–H groups in total. The monoisotopic (exact) mass is 282 g/mol. The van der Waals surface area contributed by atoms with Gasteiger partial charge in [0.25, 0.3) is 0 Å². The van der Waals surface area contributed by atoms with Crippen LogP contribution in [0.2, 0.25) is 0 Å². The predicted octanol–water partition coefficient (Wildman–Crippen LogP) is 5.16. The molecule has 0 amide bonds. The van der Waals surface area contributed by atoms with Crippen LogP contribution in [0.25, 0.3) is 0 Å². The third kappa shape index (κ3) is 3.36. The Bertz CT molecular complexity index is 484. The summed E-state index contributed by atoms with van der Waals surface area (Å²) in [6.07, 6.45) is 25.8. The first-order valence-electron chi connectivity index (χ1n) is 7.69. The van der Waals surface area contributed by atoms with E-state index in [-0.39, 0.29) is 23.0 Å². The van der Waals surface area contributed by atoms with Crippen molar-refractivity contribution in [2.45, 2.75) is 39.9 Å². The highest BCUT2D eigenvalue weighted by molar-refractivity contribution is 5.29. The highest BCUT2D eigenvalue weighted by atomic mass is 16.5. The van der Waals surface area contributed by atoms with Crippen LogP contribution in [0.4, 0.5) is 0 Å². The fraction of sp³-hybridized carbons (Fsp3) is 0.400. The van der Waals surface area contributed by atoms with E-state index >= 15 is 0 Å². The summed E-state index contributed by atoms with van der Waals surface area (Å²) in [6, 6.07) is 0. The summed E-state index contributed by atoms with van der Waals surface area (Å²) in [6.45, 7) is 8.55. The highest BCUT2D eigenvalue weighted by Crippen LogP contribution is 2.38. The fourth-order valence-corrected chi connectivity index (χ4v) is 3.02. The molecule has 2 aliphatic carbocycles. The van der Waals surface area contributed by atoms with Crippen LogP contribution in [0.1, 0.15) is 27.7 Å². The van der Waals surface area contributed by atoms with Gasteiger partial charge in [0.05, 0.1) is 12.2 Å². The SMILES string of the molecule is CC=CC1(C)C=CC=CC1OC1C=CC=CC1(C)C=CC. The number of hydrogen-bond acceptors (Lipinski definition) is 1. The van der Waals surface area contributed by atoms with Gasteiger partial charge in [0, 0.05) is 10.8 Å². The van der Waals surface area contributed by atoms with Gasteiger partial charge in [-0.2, -0.15) is 0 Å². The minimum atomic E-state index is -0.0880. The lowest BCUT2D eigenvalue weighted by atomic mass is 9.78. The number of ether oxygens (including phenoxy) is 1. The summed E-state index contributed by atoms with van der Waals surface area (Å²) in [5.41, 5.74) is -0.176. The molecule has 2 aliphatic rings. The molecule has 0 saturated carbocycles. The molecule has 4 atom stereocenters. The third-order valence-electron chi connectivity index (χ3n) is 4.28. The van der Waals surface area contributed by atoms with Crippen molar-refractivity contribution in [3.05, 3.63) is 72.9 Å². The molecule has 2 rings (SSSR count). The number of hydrogen-bond donors (Lipinski definition) is 0. The average molecular weight is 282 g/mol. The van der Waals surface area contributed by atoms with E-state index in [1.807, 2.05) is 0 Å². The Morgan fingerprint density at radius 1 is 0.762 bits per heavy atom. The van der Waals surface area contributed by atoms with E-state index in [0.717, 1.165) is 0 Å². The molecule has 0 bridgehead atoms. The lowest BCUT2D eigenvalue weighted by molar-refractivity contribution is -0.0319. The van der Waals surface area contributed by atoms with E-state index in [9.17, 15) is 0 Å². The van der Waals surface area contributed by atoms with E-state index < -0.39 is 0 Å². The smallest absolute Gasteiger partial charge is 0.0890 e. The minimum absolute atomic E-state index is 0.0458. The molecule has 112 valence electrons. The molecule has 0 spiro atoms. The Hall–Kier alpha value is -1.60. The van der Waals surface area contributed by atoms with Crippen LogP contribution < -0.4 is 0 Å². The maximum atomic E-state index is 6.49. The second kappa shape index (κ2) is 6.44. The standard InChI is InChI=1S/C20H26O/c1-5-13-19(3)15-9-7-11-17(19)21-18-12-8-10-16-20(18,4)14-6-2/h5-18H,1-4H3. The largest absolute Gasteiger partial charge is 0.364 e. The molecule has 0 fully saturated rings. The van der Waals surface area contributed by atoms with Gasteiger partial charge >= 0.3 is 0 Å². The molecule has 0 radical (unpaired) electrons. The zero-order chi connectivity index (χ0) is 15.3. The van der Waals surface area contributed by atoms with Gasteiger partial charge in [0.2, 0.25) is 0 Å². The van der Waals surface area contributed by atoms with Crippen LogP contribution >= 0.6 is 0 Å². The Kier molecular flexibility index (Phi) is 4.84. The Morgan fingerprint density at radius 2 is 1.19 bits per heavy atom. The predicted molar refractivity (Wildman–Crippen MR) is 91.1 cm³/mol. The maximum Gasteiger partial charge on any atom is 0.0890 e. The van der Waals surface area contributed by atoms with Crippen molar-refractivity contribution in [3.8, 4) is 0 Å². The van der Waals surface area contributed by atoms with Gasteiger partial charge in [-0.05, 0) is 27.7 Å². The van der Waals surface area contributed by atoms with Crippen LogP contribution in [0.3, 0.4) is 0 Å². The van der Waals surface area contributed by atoms with Crippen molar-refractivity contribution >= 4 is 0 Å². The van der Waals surface area contributed by atoms with Crippen molar-refractivity contribution < 1.29 is 4.74 Å². The van der Waals surface area contributed by atoms with Crippen molar-refractivity contribution in [2.24, 2.45) is 10.8 Å². The Labute approximate surface area is 129 Å². The lowest BCUT2D eigenvalue weighted by Crippen LogP contribution is -2.40. The lowest BCUT2D eigenvalue weighted by Gasteiger charge is -2.40. The van der Waals surface area contributed by atoms with Crippen LogP contribution in [0.5, 0.6) is 0 Å². The van der Waals surface area contributed by atoms with Crippen molar-refractivity contribution in [3.63, 3.8) is 0 Å². The number of allylic oxidation sites excluding steroid dienone is 6. The van der Waals surface area contributed by atoms with E-state index in [1.54, 1.807) is 0 Å². The van der Waals surface area contributed by atoms with Gasteiger partial charge in [-0.25, -0.2) is 0 Å². The van der Waals surface area contributed by atoms with Crippen molar-refractivity contribution in [1.29, 1.82) is 0 Å². The first-order valence-corrected chi connectivity index (χ1v) is 7.69. The molecule has 0 aromatic carbocycles. The summed E-state index contributed by atoms with van der Waals surface area (Å²) < 4.78 is 6.49. The van der Waals surface area contributed by atoms with Crippen LogP contribution in [0.15, 0.2) is 72.9 Å². The van der Waals surface area contributed by atoms with E-state index in [4.69, 9.17) is 4.74 Å². The van der Waals surface area contributed by atoms with Gasteiger partial charge in [-0.3, -0.25) is 0 Å². The summed E-state index contributed by atoms with van der Waals surface area (Å²) in [4.78, 5) is 0. The first kappa shape index (κ1) is 15.8. The first-order chi connectivity index (χ1) is 10.0. The van der Waals surface area contributed by atoms with Gasteiger partial charge in [-0.1, -0.05) is 72.9 Å². The van der Waals surface area contributed by atoms with Gasteiger partial charge in [0.15, 0.2) is 0 Å². The Morgan fingerprint density at radius 3 is 1.57 bits per heavy atom. The molecule has 21 heavy (non-hydrogen) atoms. The molecule has 0 aliphatic heterocycles. The molecule has 0 heterocycles. The summed E-state index contributed by atoms with van der Waals surface area (Å²) >= 11 is 0. The molecule has 0 aromatic rings. The van der Waals surface area contributed by atoms with Gasteiger partial charge < -0.3 is 4.74 Å². The summed E-state index contributed by atoms with van der Waals surface area (Å²) in [5, 5.41) is 0. The third-order valence-corrected chi connectivity index (χ3v) is 4.28. The Balaban J connectivity index is 2.23. The summed E-state index contributed by atoms with van der Waals surface area (Å²) in [7, 11) is 0.